The average Bonchev–Trinajstić information content (AvgIpc) is 2.42. The number of nitrogens with one attached hydrogen (secondary N) is 1. The van der Waals surface area contributed by atoms with E-state index in [9.17, 15) is 0 Å². The van der Waals surface area contributed by atoms with Gasteiger partial charge in [-0.2, -0.15) is 16.9 Å². The third-order valence-corrected chi connectivity index (χ3v) is 2.83. The molecule has 0 amide bonds. The first kappa shape index (κ1) is 11.8. The summed E-state index contributed by atoms with van der Waals surface area (Å²) in [6, 6.07) is 0. The van der Waals surface area contributed by atoms with Crippen molar-refractivity contribution in [1.82, 2.24) is 14.8 Å². The van der Waals surface area contributed by atoms with E-state index in [0.29, 0.717) is 4.77 Å². The van der Waals surface area contributed by atoms with E-state index < -0.39 is 0 Å². The second-order valence-electron chi connectivity index (χ2n) is 4.19. The molecule has 0 aliphatic rings. The van der Waals surface area contributed by atoms with Crippen LogP contribution in [0.5, 0.6) is 0 Å². The van der Waals surface area contributed by atoms with Crippen molar-refractivity contribution in [3.05, 3.63) is 10.6 Å². The number of nitrogens with zero attached hydrogens (tertiary/aromatic N) is 2. The lowest BCUT2D eigenvalue weighted by molar-refractivity contribution is 0.379. The highest BCUT2D eigenvalue weighted by Crippen LogP contribution is 2.17. The molecule has 0 atom stereocenters. The van der Waals surface area contributed by atoms with E-state index >= 15 is 0 Å². The van der Waals surface area contributed by atoms with Crippen molar-refractivity contribution in [3.8, 4) is 0 Å². The minimum Gasteiger partial charge on any atom is -0.299 e. The molecule has 0 unspecified atom stereocenters. The molecule has 1 heterocycles. The van der Waals surface area contributed by atoms with Crippen molar-refractivity contribution in [2.24, 2.45) is 0 Å². The average molecular weight is 231 g/mol. The van der Waals surface area contributed by atoms with Gasteiger partial charge in [0.25, 0.3) is 0 Å². The number of rotatable bonds is 3. The number of hydrogen-bond acceptors (Lipinski definition) is 3. The first-order chi connectivity index (χ1) is 6.46. The first-order valence-electron chi connectivity index (χ1n) is 4.62. The normalized spacial score (nSPS) is 12.0. The van der Waals surface area contributed by atoms with Crippen molar-refractivity contribution in [1.29, 1.82) is 0 Å². The molecule has 0 aromatic carbocycles. The van der Waals surface area contributed by atoms with Crippen LogP contribution in [0.3, 0.4) is 0 Å². The molecule has 0 saturated carbocycles. The molecule has 1 aromatic heterocycles. The highest BCUT2D eigenvalue weighted by molar-refractivity contribution is 7.98. The maximum absolute atomic E-state index is 5.21. The van der Waals surface area contributed by atoms with Gasteiger partial charge < -0.3 is 0 Å². The Morgan fingerprint density at radius 3 is 2.64 bits per heavy atom. The Labute approximate surface area is 94.3 Å². The van der Waals surface area contributed by atoms with Gasteiger partial charge in [0, 0.05) is 17.7 Å². The van der Waals surface area contributed by atoms with Crippen LogP contribution in [0.15, 0.2) is 0 Å². The fourth-order valence-corrected chi connectivity index (χ4v) is 2.19. The van der Waals surface area contributed by atoms with Crippen molar-refractivity contribution in [2.75, 3.05) is 12.0 Å². The van der Waals surface area contributed by atoms with Gasteiger partial charge in [0.05, 0.1) is 0 Å². The van der Waals surface area contributed by atoms with E-state index in [1.807, 2.05) is 11.8 Å². The van der Waals surface area contributed by atoms with Crippen molar-refractivity contribution in [3.63, 3.8) is 0 Å². The minimum atomic E-state index is 0.0117. The predicted molar refractivity (Wildman–Crippen MR) is 64.5 cm³/mol. The number of hydrogen-bond donors (Lipinski definition) is 1. The number of thioether (sulfide) groups is 1. The fraction of sp³-hybridized carbons (Fsp3) is 0.778. The monoisotopic (exact) mass is 231 g/mol. The van der Waals surface area contributed by atoms with Gasteiger partial charge in [-0.25, -0.2) is 0 Å². The Hall–Kier alpha value is -0.290. The van der Waals surface area contributed by atoms with E-state index in [1.165, 1.54) is 0 Å². The SMILES string of the molecule is CSCCc1n[nH]c(=S)n1C(C)(C)C. The number of H-pyrrole nitrogens is 1. The van der Waals surface area contributed by atoms with Crippen LogP contribution in [0, 0.1) is 4.77 Å². The molecule has 0 fully saturated rings. The van der Waals surface area contributed by atoms with Crippen molar-refractivity contribution < 1.29 is 0 Å². The summed E-state index contributed by atoms with van der Waals surface area (Å²) in [7, 11) is 0. The van der Waals surface area contributed by atoms with Crippen molar-refractivity contribution >= 4 is 24.0 Å². The Balaban J connectivity index is 3.01. The summed E-state index contributed by atoms with van der Waals surface area (Å²) < 4.78 is 2.81. The van der Waals surface area contributed by atoms with Crippen LogP contribution in [0.25, 0.3) is 0 Å². The second kappa shape index (κ2) is 4.49. The Morgan fingerprint density at radius 1 is 1.50 bits per heavy atom. The maximum Gasteiger partial charge on any atom is 0.195 e. The number of aromatic nitrogens is 3. The first-order valence-corrected chi connectivity index (χ1v) is 6.42. The Bertz CT molecular complexity index is 346. The van der Waals surface area contributed by atoms with E-state index in [1.54, 1.807) is 0 Å². The second-order valence-corrected chi connectivity index (χ2v) is 5.57. The zero-order valence-electron chi connectivity index (χ0n) is 9.13. The molecule has 3 nitrogen and oxygen atoms in total. The standard InChI is InChI=1S/C9H17N3S2/c1-9(2,3)12-7(5-6-14-4)10-11-8(12)13/h5-6H2,1-4H3,(H,11,13). The van der Waals surface area contributed by atoms with Gasteiger partial charge in [0.2, 0.25) is 0 Å². The van der Waals surface area contributed by atoms with Crippen LogP contribution in [-0.4, -0.2) is 26.8 Å². The summed E-state index contributed by atoms with van der Waals surface area (Å²) in [5, 5.41) is 7.11. The largest absolute Gasteiger partial charge is 0.299 e. The zero-order chi connectivity index (χ0) is 10.8. The highest BCUT2D eigenvalue weighted by atomic mass is 32.2. The molecule has 0 bridgehead atoms. The van der Waals surface area contributed by atoms with Crippen LogP contribution in [0.2, 0.25) is 0 Å². The van der Waals surface area contributed by atoms with Crippen LogP contribution in [-0.2, 0) is 12.0 Å². The number of aryl methyl sites for hydroxylation is 1. The van der Waals surface area contributed by atoms with E-state index in [0.717, 1.165) is 18.0 Å². The van der Waals surface area contributed by atoms with Crippen LogP contribution in [0.1, 0.15) is 26.6 Å². The summed E-state index contributed by atoms with van der Waals surface area (Å²) in [6.45, 7) is 6.42. The van der Waals surface area contributed by atoms with Gasteiger partial charge in [0.15, 0.2) is 4.77 Å². The third-order valence-electron chi connectivity index (χ3n) is 1.94. The van der Waals surface area contributed by atoms with Crippen molar-refractivity contribution in [2.45, 2.75) is 32.7 Å². The molecule has 0 saturated heterocycles. The lowest BCUT2D eigenvalue weighted by atomic mass is 10.1. The summed E-state index contributed by atoms with van der Waals surface area (Å²) >= 11 is 7.03. The Kier molecular flexibility index (Phi) is 3.78. The molecule has 0 radical (unpaired) electrons. The molecule has 0 aliphatic carbocycles. The maximum atomic E-state index is 5.21. The summed E-state index contributed by atoms with van der Waals surface area (Å²) in [5.74, 6) is 2.13. The Morgan fingerprint density at radius 2 is 2.14 bits per heavy atom. The molecular formula is C9H17N3S2. The van der Waals surface area contributed by atoms with Gasteiger partial charge in [-0.1, -0.05) is 0 Å². The third kappa shape index (κ3) is 2.60. The summed E-state index contributed by atoms with van der Waals surface area (Å²) in [4.78, 5) is 0. The van der Waals surface area contributed by atoms with Crippen LogP contribution < -0.4 is 0 Å². The van der Waals surface area contributed by atoms with Crippen LogP contribution in [0.4, 0.5) is 0 Å². The fourth-order valence-electron chi connectivity index (χ4n) is 1.38. The van der Waals surface area contributed by atoms with Crippen LogP contribution >= 0.6 is 24.0 Å². The van der Waals surface area contributed by atoms with Gasteiger partial charge in [-0.3, -0.25) is 9.67 Å². The minimum absolute atomic E-state index is 0.0117. The van der Waals surface area contributed by atoms with Gasteiger partial charge in [-0.15, -0.1) is 0 Å². The van der Waals surface area contributed by atoms with E-state index in [-0.39, 0.29) is 5.54 Å². The molecule has 1 aromatic rings. The predicted octanol–water partition coefficient (Wildman–Crippen LogP) is 2.60. The smallest absolute Gasteiger partial charge is 0.195 e. The van der Waals surface area contributed by atoms with Gasteiger partial charge in [-0.05, 0) is 39.2 Å². The lowest BCUT2D eigenvalue weighted by Gasteiger charge is -2.22. The lowest BCUT2D eigenvalue weighted by Crippen LogP contribution is -2.24. The topological polar surface area (TPSA) is 33.6 Å². The molecular weight excluding hydrogens is 214 g/mol. The van der Waals surface area contributed by atoms with E-state index in [2.05, 4.69) is 41.8 Å². The molecule has 1 rings (SSSR count). The molecule has 0 spiro atoms. The molecule has 5 heteroatoms. The summed E-state index contributed by atoms with van der Waals surface area (Å²) in [6.07, 6.45) is 3.06. The molecule has 14 heavy (non-hydrogen) atoms. The molecule has 80 valence electrons. The summed E-state index contributed by atoms with van der Waals surface area (Å²) in [5.41, 5.74) is 0.0117. The molecule has 0 aliphatic heterocycles. The highest BCUT2D eigenvalue weighted by Gasteiger charge is 2.18. The van der Waals surface area contributed by atoms with Gasteiger partial charge in [0.1, 0.15) is 5.82 Å². The zero-order valence-corrected chi connectivity index (χ0v) is 10.8. The number of aromatic amines is 1. The quantitative estimate of drug-likeness (QED) is 0.812. The van der Waals surface area contributed by atoms with Gasteiger partial charge >= 0.3 is 0 Å². The molecule has 1 N–H and O–H groups in total. The van der Waals surface area contributed by atoms with E-state index in [4.69, 9.17) is 12.2 Å².